The van der Waals surface area contributed by atoms with E-state index in [1.807, 2.05) is 13.8 Å². The first-order valence-electron chi connectivity index (χ1n) is 8.23. The Kier molecular flexibility index (Phi) is 6.60. The van der Waals surface area contributed by atoms with Gasteiger partial charge in [-0.3, -0.25) is 9.59 Å². The second-order valence-electron chi connectivity index (χ2n) is 5.69. The largest absolute Gasteiger partial charge is 0.497 e. The second kappa shape index (κ2) is 8.89. The summed E-state index contributed by atoms with van der Waals surface area (Å²) >= 11 is 0. The molecule has 0 saturated carbocycles. The van der Waals surface area contributed by atoms with Gasteiger partial charge in [0, 0.05) is 18.2 Å². The Hall–Kier alpha value is -3.03. The van der Waals surface area contributed by atoms with Gasteiger partial charge in [-0.15, -0.1) is 0 Å². The Labute approximate surface area is 152 Å². The van der Waals surface area contributed by atoms with Crippen molar-refractivity contribution in [3.05, 3.63) is 36.1 Å². The third-order valence-corrected chi connectivity index (χ3v) is 4.04. The van der Waals surface area contributed by atoms with Crippen molar-refractivity contribution in [3.8, 4) is 11.5 Å². The number of nitrogens with zero attached hydrogens (tertiary/aromatic N) is 2. The van der Waals surface area contributed by atoms with E-state index in [9.17, 15) is 9.59 Å². The molecule has 0 fully saturated rings. The molecule has 1 aromatic heterocycles. The van der Waals surface area contributed by atoms with E-state index in [0.717, 1.165) is 0 Å². The molecule has 0 aliphatic rings. The molecule has 140 valence electrons. The van der Waals surface area contributed by atoms with Gasteiger partial charge < -0.3 is 24.2 Å². The van der Waals surface area contributed by atoms with Gasteiger partial charge in [0.1, 0.15) is 24.3 Å². The molecule has 8 nitrogen and oxygen atoms in total. The lowest BCUT2D eigenvalue weighted by Gasteiger charge is -2.28. The maximum absolute atomic E-state index is 13.1. The molecule has 0 unspecified atom stereocenters. The number of rotatable bonds is 8. The minimum Gasteiger partial charge on any atom is -0.497 e. The molecule has 1 N–H and O–H groups in total. The highest BCUT2D eigenvalue weighted by Crippen LogP contribution is 2.26. The zero-order valence-electron chi connectivity index (χ0n) is 15.3. The Balaban J connectivity index is 2.23. The van der Waals surface area contributed by atoms with Gasteiger partial charge in [-0.25, -0.2) is 0 Å². The summed E-state index contributed by atoms with van der Waals surface area (Å²) in [4.78, 5) is 26.8. The van der Waals surface area contributed by atoms with Crippen LogP contribution in [-0.4, -0.2) is 48.7 Å². The molecule has 1 atom stereocenters. The van der Waals surface area contributed by atoms with Crippen LogP contribution in [0.3, 0.4) is 0 Å². The number of amides is 2. The van der Waals surface area contributed by atoms with Crippen molar-refractivity contribution in [2.24, 2.45) is 0 Å². The summed E-state index contributed by atoms with van der Waals surface area (Å²) in [5.41, 5.74) is 0.364. The van der Waals surface area contributed by atoms with Crippen molar-refractivity contribution >= 4 is 17.6 Å². The summed E-state index contributed by atoms with van der Waals surface area (Å²) in [5, 5.41) is 6.23. The van der Waals surface area contributed by atoms with Gasteiger partial charge in [-0.05, 0) is 25.5 Å². The van der Waals surface area contributed by atoms with Gasteiger partial charge in [0.2, 0.25) is 5.91 Å². The summed E-state index contributed by atoms with van der Waals surface area (Å²) in [5.74, 6) is 0.611. The molecule has 1 aromatic carbocycles. The fourth-order valence-electron chi connectivity index (χ4n) is 2.39. The molecule has 1 heterocycles. The fraction of sp³-hybridized carbons (Fsp3) is 0.389. The van der Waals surface area contributed by atoms with E-state index in [-0.39, 0.29) is 24.4 Å². The Morgan fingerprint density at radius 3 is 2.62 bits per heavy atom. The van der Waals surface area contributed by atoms with Crippen molar-refractivity contribution in [2.45, 2.75) is 26.3 Å². The number of anilines is 1. The lowest BCUT2D eigenvalue weighted by atomic mass is 10.1. The predicted molar refractivity (Wildman–Crippen MR) is 95.5 cm³/mol. The van der Waals surface area contributed by atoms with Gasteiger partial charge >= 0.3 is 0 Å². The van der Waals surface area contributed by atoms with Crippen LogP contribution in [0.25, 0.3) is 0 Å². The number of ether oxygens (including phenoxy) is 2. The average Bonchev–Trinajstić information content (AvgIpc) is 3.17. The molecule has 2 rings (SSSR count). The number of hydrogen-bond acceptors (Lipinski definition) is 6. The van der Waals surface area contributed by atoms with Crippen LogP contribution in [0.1, 0.15) is 30.6 Å². The highest BCUT2D eigenvalue weighted by Gasteiger charge is 2.26. The molecule has 0 radical (unpaired) electrons. The third-order valence-electron chi connectivity index (χ3n) is 4.04. The van der Waals surface area contributed by atoms with E-state index < -0.39 is 0 Å². The quantitative estimate of drug-likeness (QED) is 0.777. The van der Waals surface area contributed by atoms with Gasteiger partial charge in [-0.1, -0.05) is 12.1 Å². The summed E-state index contributed by atoms with van der Waals surface area (Å²) in [6.45, 7) is 3.72. The molecule has 0 saturated heterocycles. The summed E-state index contributed by atoms with van der Waals surface area (Å²) in [6, 6.07) is 6.33. The molecule has 2 amide bonds. The minimum atomic E-state index is -0.361. The smallest absolute Gasteiger partial charge is 0.258 e. The summed E-state index contributed by atoms with van der Waals surface area (Å²) < 4.78 is 15.2. The van der Waals surface area contributed by atoms with Crippen LogP contribution < -0.4 is 14.8 Å². The molecule has 0 bridgehead atoms. The highest BCUT2D eigenvalue weighted by molar-refractivity contribution is 6.01. The maximum Gasteiger partial charge on any atom is 0.258 e. The number of nitrogens with one attached hydrogen (secondary N) is 1. The Morgan fingerprint density at radius 1 is 1.27 bits per heavy atom. The van der Waals surface area contributed by atoms with Crippen LogP contribution in [0.4, 0.5) is 5.82 Å². The topological polar surface area (TPSA) is 93.9 Å². The standard InChI is InChI=1S/C18H23N3O5/c1-5-12(2)21(11-17(22)19-16-8-9-26-20-16)18(23)14-7-6-13(24-3)10-15(14)25-4/h6-10,12H,5,11H2,1-4H3,(H,19,20,22)/t12-/m0/s1. The van der Waals surface area contributed by atoms with E-state index in [4.69, 9.17) is 9.47 Å². The van der Waals surface area contributed by atoms with Gasteiger partial charge in [0.05, 0.1) is 19.8 Å². The van der Waals surface area contributed by atoms with Crippen LogP contribution >= 0.6 is 0 Å². The predicted octanol–water partition coefficient (Wildman–Crippen LogP) is 2.57. The zero-order chi connectivity index (χ0) is 19.1. The summed E-state index contributed by atoms with van der Waals surface area (Å²) in [7, 11) is 3.02. The first-order valence-corrected chi connectivity index (χ1v) is 8.23. The van der Waals surface area contributed by atoms with Crippen molar-refractivity contribution in [3.63, 3.8) is 0 Å². The molecule has 26 heavy (non-hydrogen) atoms. The molecular weight excluding hydrogens is 338 g/mol. The lowest BCUT2D eigenvalue weighted by Crippen LogP contribution is -2.43. The average molecular weight is 361 g/mol. The van der Waals surface area contributed by atoms with Gasteiger partial charge in [0.25, 0.3) is 5.91 Å². The number of aromatic nitrogens is 1. The molecule has 0 spiro atoms. The maximum atomic E-state index is 13.1. The Bertz CT molecular complexity index is 745. The normalized spacial score (nSPS) is 11.5. The lowest BCUT2D eigenvalue weighted by molar-refractivity contribution is -0.117. The van der Waals surface area contributed by atoms with Crippen LogP contribution in [0.5, 0.6) is 11.5 Å². The van der Waals surface area contributed by atoms with E-state index >= 15 is 0 Å². The van der Waals surface area contributed by atoms with Crippen molar-refractivity contribution in [1.29, 1.82) is 0 Å². The number of carbonyl (C=O) groups excluding carboxylic acids is 2. The SMILES string of the molecule is CC[C@H](C)N(CC(=O)Nc1ccon1)C(=O)c1ccc(OC)cc1OC. The van der Waals surface area contributed by atoms with E-state index in [1.165, 1.54) is 31.4 Å². The molecule has 0 aliphatic heterocycles. The van der Waals surface area contributed by atoms with Crippen LogP contribution in [-0.2, 0) is 4.79 Å². The second-order valence-corrected chi connectivity index (χ2v) is 5.69. The number of hydrogen-bond donors (Lipinski definition) is 1. The van der Waals surface area contributed by atoms with Crippen molar-refractivity contribution in [2.75, 3.05) is 26.1 Å². The zero-order valence-corrected chi connectivity index (χ0v) is 15.3. The highest BCUT2D eigenvalue weighted by atomic mass is 16.5. The summed E-state index contributed by atoms with van der Waals surface area (Å²) in [6.07, 6.45) is 2.05. The van der Waals surface area contributed by atoms with Gasteiger partial charge in [0.15, 0.2) is 5.82 Å². The monoisotopic (exact) mass is 361 g/mol. The number of methoxy groups -OCH3 is 2. The van der Waals surface area contributed by atoms with Crippen LogP contribution in [0.15, 0.2) is 35.1 Å². The third kappa shape index (κ3) is 4.53. The number of benzene rings is 1. The van der Waals surface area contributed by atoms with Gasteiger partial charge in [-0.2, -0.15) is 0 Å². The van der Waals surface area contributed by atoms with Crippen LogP contribution in [0.2, 0.25) is 0 Å². The molecule has 8 heteroatoms. The fourth-order valence-corrected chi connectivity index (χ4v) is 2.39. The first kappa shape index (κ1) is 19.3. The molecule has 2 aromatic rings. The Morgan fingerprint density at radius 2 is 2.04 bits per heavy atom. The van der Waals surface area contributed by atoms with Crippen molar-refractivity contribution < 1.29 is 23.6 Å². The first-order chi connectivity index (χ1) is 12.5. The molecular formula is C18H23N3O5. The van der Waals surface area contributed by atoms with E-state index in [2.05, 4.69) is 15.0 Å². The van der Waals surface area contributed by atoms with E-state index in [0.29, 0.717) is 29.3 Å². The van der Waals surface area contributed by atoms with Crippen LogP contribution in [0, 0.1) is 0 Å². The molecule has 0 aliphatic carbocycles. The number of carbonyl (C=O) groups is 2. The van der Waals surface area contributed by atoms with Crippen molar-refractivity contribution in [1.82, 2.24) is 10.1 Å². The minimum absolute atomic E-state index is 0.115. The van der Waals surface area contributed by atoms with E-state index in [1.54, 1.807) is 18.2 Å².